The van der Waals surface area contributed by atoms with Crippen LogP contribution in [0.15, 0.2) is 36.7 Å². The van der Waals surface area contributed by atoms with Crippen molar-refractivity contribution in [3.05, 3.63) is 47.9 Å². The zero-order chi connectivity index (χ0) is 15.8. The van der Waals surface area contributed by atoms with E-state index in [2.05, 4.69) is 39.7 Å². The Labute approximate surface area is 129 Å². The first kappa shape index (κ1) is 15.9. The lowest BCUT2D eigenvalue weighted by atomic mass is 10.1. The fourth-order valence-corrected chi connectivity index (χ4v) is 1.88. The number of carbonyl (C=O) groups excluding carboxylic acids is 1. The van der Waals surface area contributed by atoms with Crippen molar-refractivity contribution >= 4 is 17.4 Å². The molecule has 0 saturated heterocycles. The highest BCUT2D eigenvalue weighted by molar-refractivity contribution is 5.92. The summed E-state index contributed by atoms with van der Waals surface area (Å²) in [5.41, 5.74) is 2.51. The number of hydrogen-bond donors (Lipinski definition) is 2. The van der Waals surface area contributed by atoms with Gasteiger partial charge in [-0.15, -0.1) is 0 Å². The van der Waals surface area contributed by atoms with Crippen LogP contribution in [0.3, 0.4) is 0 Å². The predicted molar refractivity (Wildman–Crippen MR) is 85.3 cm³/mol. The van der Waals surface area contributed by atoms with Gasteiger partial charge in [0, 0.05) is 25.4 Å². The van der Waals surface area contributed by atoms with E-state index in [4.69, 9.17) is 4.74 Å². The van der Waals surface area contributed by atoms with Gasteiger partial charge in [0.25, 0.3) is 5.91 Å². The van der Waals surface area contributed by atoms with Crippen molar-refractivity contribution in [2.45, 2.75) is 13.3 Å². The van der Waals surface area contributed by atoms with Gasteiger partial charge in [0.15, 0.2) is 0 Å². The Bertz CT molecular complexity index is 614. The molecule has 0 radical (unpaired) electrons. The maximum Gasteiger partial charge on any atom is 0.270 e. The van der Waals surface area contributed by atoms with Gasteiger partial charge in [-0.3, -0.25) is 4.79 Å². The molecule has 22 heavy (non-hydrogen) atoms. The number of amides is 1. The third-order valence-electron chi connectivity index (χ3n) is 3.13. The molecule has 0 atom stereocenters. The number of carbonyl (C=O) groups is 1. The normalized spacial score (nSPS) is 10.3. The number of hydrogen-bond acceptors (Lipinski definition) is 5. The SMILES string of the molecule is CCc1ccc(Nc2cc(C(=O)NCCOC)ncn2)cc1. The highest BCUT2D eigenvalue weighted by Gasteiger charge is 2.08. The second-order valence-corrected chi connectivity index (χ2v) is 4.71. The van der Waals surface area contributed by atoms with Crippen molar-refractivity contribution in [3.63, 3.8) is 0 Å². The minimum atomic E-state index is -0.246. The topological polar surface area (TPSA) is 76.1 Å². The molecule has 0 bridgehead atoms. The summed E-state index contributed by atoms with van der Waals surface area (Å²) in [6.45, 7) is 3.02. The lowest BCUT2D eigenvalue weighted by molar-refractivity contribution is 0.0932. The molecule has 0 aliphatic carbocycles. The van der Waals surface area contributed by atoms with Gasteiger partial charge in [-0.2, -0.15) is 0 Å². The molecule has 6 heteroatoms. The highest BCUT2D eigenvalue weighted by Crippen LogP contribution is 2.15. The molecule has 0 unspecified atom stereocenters. The first-order valence-corrected chi connectivity index (χ1v) is 7.18. The van der Waals surface area contributed by atoms with E-state index in [1.165, 1.54) is 11.9 Å². The number of nitrogens with one attached hydrogen (secondary N) is 2. The van der Waals surface area contributed by atoms with Crippen LogP contribution in [-0.2, 0) is 11.2 Å². The van der Waals surface area contributed by atoms with Gasteiger partial charge in [0.05, 0.1) is 6.61 Å². The summed E-state index contributed by atoms with van der Waals surface area (Å²) in [5, 5.41) is 5.89. The van der Waals surface area contributed by atoms with Crippen LogP contribution in [-0.4, -0.2) is 36.1 Å². The van der Waals surface area contributed by atoms with Crippen molar-refractivity contribution in [2.24, 2.45) is 0 Å². The lowest BCUT2D eigenvalue weighted by Crippen LogP contribution is -2.27. The van der Waals surface area contributed by atoms with Crippen molar-refractivity contribution < 1.29 is 9.53 Å². The average molecular weight is 300 g/mol. The number of ether oxygens (including phenoxy) is 1. The molecule has 6 nitrogen and oxygen atoms in total. The van der Waals surface area contributed by atoms with Crippen LogP contribution in [0.4, 0.5) is 11.5 Å². The summed E-state index contributed by atoms with van der Waals surface area (Å²) in [7, 11) is 1.59. The molecular weight excluding hydrogens is 280 g/mol. The average Bonchev–Trinajstić information content (AvgIpc) is 2.56. The van der Waals surface area contributed by atoms with E-state index < -0.39 is 0 Å². The molecule has 1 amide bonds. The number of nitrogens with zero attached hydrogens (tertiary/aromatic N) is 2. The van der Waals surface area contributed by atoms with Crippen molar-refractivity contribution in [1.82, 2.24) is 15.3 Å². The maximum atomic E-state index is 11.9. The van der Waals surface area contributed by atoms with Gasteiger partial charge in [-0.1, -0.05) is 19.1 Å². The number of benzene rings is 1. The smallest absolute Gasteiger partial charge is 0.270 e. The Balaban J connectivity index is 2.02. The molecule has 2 rings (SSSR count). The van der Waals surface area contributed by atoms with Gasteiger partial charge in [0.2, 0.25) is 0 Å². The van der Waals surface area contributed by atoms with E-state index in [1.807, 2.05) is 12.1 Å². The van der Waals surface area contributed by atoms with E-state index in [-0.39, 0.29) is 5.91 Å². The Kier molecular flexibility index (Phi) is 5.85. The molecule has 2 N–H and O–H groups in total. The Morgan fingerprint density at radius 1 is 1.23 bits per heavy atom. The zero-order valence-corrected chi connectivity index (χ0v) is 12.8. The minimum absolute atomic E-state index is 0.246. The third-order valence-corrected chi connectivity index (χ3v) is 3.13. The molecule has 2 aromatic rings. The number of methoxy groups -OCH3 is 1. The molecular formula is C16H20N4O2. The quantitative estimate of drug-likeness (QED) is 0.766. The van der Waals surface area contributed by atoms with Crippen molar-refractivity contribution in [3.8, 4) is 0 Å². The molecule has 1 aromatic heterocycles. The van der Waals surface area contributed by atoms with Crippen LogP contribution in [0.25, 0.3) is 0 Å². The van der Waals surface area contributed by atoms with Gasteiger partial charge >= 0.3 is 0 Å². The van der Waals surface area contributed by atoms with E-state index >= 15 is 0 Å². The molecule has 116 valence electrons. The molecule has 0 aliphatic rings. The predicted octanol–water partition coefficient (Wildman–Crippen LogP) is 2.16. The summed E-state index contributed by atoms with van der Waals surface area (Å²) in [5.74, 6) is 0.333. The van der Waals surface area contributed by atoms with Crippen molar-refractivity contribution in [2.75, 3.05) is 25.6 Å². The number of aryl methyl sites for hydroxylation is 1. The summed E-state index contributed by atoms with van der Waals surface area (Å²) >= 11 is 0. The van der Waals surface area contributed by atoms with Gasteiger partial charge < -0.3 is 15.4 Å². The van der Waals surface area contributed by atoms with Crippen LogP contribution in [0, 0.1) is 0 Å². The van der Waals surface area contributed by atoms with E-state index in [1.54, 1.807) is 13.2 Å². The fraction of sp³-hybridized carbons (Fsp3) is 0.312. The van der Waals surface area contributed by atoms with Gasteiger partial charge in [-0.25, -0.2) is 9.97 Å². The van der Waals surface area contributed by atoms with Crippen LogP contribution >= 0.6 is 0 Å². The maximum absolute atomic E-state index is 11.9. The fourth-order valence-electron chi connectivity index (χ4n) is 1.88. The number of rotatable bonds is 7. The molecule has 0 spiro atoms. The molecule has 0 saturated carbocycles. The largest absolute Gasteiger partial charge is 0.383 e. The van der Waals surface area contributed by atoms with Crippen LogP contribution < -0.4 is 10.6 Å². The zero-order valence-electron chi connectivity index (χ0n) is 12.8. The molecule has 0 aliphatic heterocycles. The van der Waals surface area contributed by atoms with Gasteiger partial charge in [0.1, 0.15) is 17.8 Å². The van der Waals surface area contributed by atoms with E-state index in [0.29, 0.717) is 24.7 Å². The first-order valence-electron chi connectivity index (χ1n) is 7.18. The first-order chi connectivity index (χ1) is 10.7. The second-order valence-electron chi connectivity index (χ2n) is 4.71. The molecule has 1 aromatic carbocycles. The van der Waals surface area contributed by atoms with Crippen LogP contribution in [0.1, 0.15) is 23.0 Å². The minimum Gasteiger partial charge on any atom is -0.383 e. The second kappa shape index (κ2) is 8.09. The Morgan fingerprint density at radius 3 is 2.68 bits per heavy atom. The number of aromatic nitrogens is 2. The summed E-state index contributed by atoms with van der Waals surface area (Å²) in [6, 6.07) is 9.71. The van der Waals surface area contributed by atoms with E-state index in [9.17, 15) is 4.79 Å². The summed E-state index contributed by atoms with van der Waals surface area (Å²) in [4.78, 5) is 20.0. The Morgan fingerprint density at radius 2 is 2.00 bits per heavy atom. The van der Waals surface area contributed by atoms with Crippen molar-refractivity contribution in [1.29, 1.82) is 0 Å². The van der Waals surface area contributed by atoms with Gasteiger partial charge in [-0.05, 0) is 24.1 Å². The molecule has 0 fully saturated rings. The highest BCUT2D eigenvalue weighted by atomic mass is 16.5. The van der Waals surface area contributed by atoms with Crippen LogP contribution in [0.2, 0.25) is 0 Å². The summed E-state index contributed by atoms with van der Waals surface area (Å²) in [6.07, 6.45) is 2.37. The number of anilines is 2. The van der Waals surface area contributed by atoms with Crippen LogP contribution in [0.5, 0.6) is 0 Å². The Hall–Kier alpha value is -2.47. The summed E-state index contributed by atoms with van der Waals surface area (Å²) < 4.78 is 4.89. The standard InChI is InChI=1S/C16H20N4O2/c1-3-12-4-6-13(7-5-12)20-15-10-14(18-11-19-15)16(21)17-8-9-22-2/h4-7,10-11H,3,8-9H2,1-2H3,(H,17,21)(H,18,19,20). The molecule has 1 heterocycles. The van der Waals surface area contributed by atoms with E-state index in [0.717, 1.165) is 12.1 Å². The lowest BCUT2D eigenvalue weighted by Gasteiger charge is -2.08. The monoisotopic (exact) mass is 300 g/mol. The third kappa shape index (κ3) is 4.53.